The van der Waals surface area contributed by atoms with Crippen LogP contribution in [0.25, 0.3) is 10.9 Å². The summed E-state index contributed by atoms with van der Waals surface area (Å²) in [5.74, 6) is 0.352. The van der Waals surface area contributed by atoms with Gasteiger partial charge in [-0.1, -0.05) is 29.6 Å². The van der Waals surface area contributed by atoms with Crippen molar-refractivity contribution >= 4 is 52.0 Å². The summed E-state index contributed by atoms with van der Waals surface area (Å²) in [5, 5.41) is 4.23. The Balaban J connectivity index is 1.54. The van der Waals surface area contributed by atoms with E-state index in [9.17, 15) is 9.59 Å². The number of hydrogen-bond acceptors (Lipinski definition) is 8. The first-order valence-corrected chi connectivity index (χ1v) is 14.4. The van der Waals surface area contributed by atoms with Crippen molar-refractivity contribution in [2.75, 3.05) is 42.8 Å². The van der Waals surface area contributed by atoms with Crippen molar-refractivity contribution in [1.82, 2.24) is 19.3 Å². The number of hydrogen-bond donors (Lipinski definition) is 2. The first-order chi connectivity index (χ1) is 18.2. The van der Waals surface area contributed by atoms with Crippen LogP contribution in [0.2, 0.25) is 5.15 Å². The molecule has 0 radical (unpaired) electrons. The van der Waals surface area contributed by atoms with Crippen LogP contribution in [0, 0.1) is 12.3 Å². The third kappa shape index (κ3) is 5.09. The zero-order valence-electron chi connectivity index (χ0n) is 22.1. The maximum absolute atomic E-state index is 13.6. The van der Waals surface area contributed by atoms with Gasteiger partial charge in [0.05, 0.1) is 22.6 Å². The highest BCUT2D eigenvalue weighted by Crippen LogP contribution is 2.41. The van der Waals surface area contributed by atoms with Crippen molar-refractivity contribution in [3.63, 3.8) is 0 Å². The van der Waals surface area contributed by atoms with Gasteiger partial charge in [0.2, 0.25) is 5.95 Å². The largest absolute Gasteiger partial charge is 0.381 e. The van der Waals surface area contributed by atoms with Crippen molar-refractivity contribution in [3.05, 3.63) is 56.6 Å². The third-order valence-electron chi connectivity index (χ3n) is 7.71. The Hall–Kier alpha value is -2.82. The van der Waals surface area contributed by atoms with Crippen molar-refractivity contribution < 1.29 is 9.53 Å². The molecule has 9 nitrogen and oxygen atoms in total. The molecule has 4 heterocycles. The van der Waals surface area contributed by atoms with Gasteiger partial charge in [0.15, 0.2) is 5.69 Å². The number of halogens is 1. The second-order valence-electron chi connectivity index (χ2n) is 10.3. The number of rotatable bonds is 6. The maximum atomic E-state index is 13.6. The average molecular weight is 557 g/mol. The molecule has 0 bridgehead atoms. The van der Waals surface area contributed by atoms with E-state index in [0.717, 1.165) is 56.7 Å². The number of nitrogens with one attached hydrogen (secondary N) is 2. The number of benzene rings is 1. The van der Waals surface area contributed by atoms with E-state index >= 15 is 0 Å². The number of pyridine rings is 1. The van der Waals surface area contributed by atoms with Gasteiger partial charge in [0.25, 0.3) is 11.5 Å². The molecule has 0 aliphatic carbocycles. The van der Waals surface area contributed by atoms with E-state index in [-0.39, 0.29) is 33.8 Å². The van der Waals surface area contributed by atoms with Crippen molar-refractivity contribution in [2.45, 2.75) is 39.2 Å². The number of carbonyl (C=O) groups excluding carboxylic acids is 1. The molecular formula is C27H33ClN6O3S. The normalized spacial score (nSPS) is 17.7. The molecule has 2 N–H and O–H groups in total. The maximum Gasteiger partial charge on any atom is 0.281 e. The lowest BCUT2D eigenvalue weighted by Crippen LogP contribution is -2.35. The zero-order valence-corrected chi connectivity index (χ0v) is 23.7. The molecule has 2 fully saturated rings. The second kappa shape index (κ2) is 10.7. The third-order valence-corrected chi connectivity index (χ3v) is 8.31. The minimum absolute atomic E-state index is 0.0664. The summed E-state index contributed by atoms with van der Waals surface area (Å²) in [4.78, 5) is 37.8. The SMILES string of the molecule is CSNC(=O)c1nc(Cl)ccc1NC(C)c1cc(C)cc2c(=O)n(C)c(N3CCC4(CCOCC4)C3)nc12. The molecule has 2 aromatic heterocycles. The number of carbonyl (C=O) groups is 1. The average Bonchev–Trinajstić information content (AvgIpc) is 3.30. The van der Waals surface area contributed by atoms with Crippen LogP contribution in [-0.2, 0) is 11.8 Å². The Bertz CT molecular complexity index is 1440. The zero-order chi connectivity index (χ0) is 27.0. The Morgan fingerprint density at radius 1 is 1.21 bits per heavy atom. The van der Waals surface area contributed by atoms with Gasteiger partial charge in [0.1, 0.15) is 5.15 Å². The Labute approximate surface area is 231 Å². The minimum Gasteiger partial charge on any atom is -0.381 e. The van der Waals surface area contributed by atoms with Gasteiger partial charge in [-0.2, -0.15) is 0 Å². The molecule has 11 heteroatoms. The van der Waals surface area contributed by atoms with E-state index in [0.29, 0.717) is 22.5 Å². The van der Waals surface area contributed by atoms with Crippen molar-refractivity contribution in [3.8, 4) is 0 Å². The van der Waals surface area contributed by atoms with E-state index in [1.54, 1.807) is 30.0 Å². The van der Waals surface area contributed by atoms with Gasteiger partial charge < -0.3 is 15.0 Å². The molecule has 3 aromatic rings. The fraction of sp³-hybridized carbons (Fsp3) is 0.481. The fourth-order valence-corrected chi connectivity index (χ4v) is 6.08. The summed E-state index contributed by atoms with van der Waals surface area (Å²) in [7, 11) is 1.80. The first kappa shape index (κ1) is 26.8. The van der Waals surface area contributed by atoms with Gasteiger partial charge in [-0.15, -0.1) is 0 Å². The summed E-state index contributed by atoms with van der Waals surface area (Å²) in [6, 6.07) is 7.07. The fourth-order valence-electron chi connectivity index (χ4n) is 5.65. The molecule has 5 rings (SSSR count). The molecule has 1 amide bonds. The molecule has 2 saturated heterocycles. The van der Waals surface area contributed by atoms with Crippen LogP contribution in [0.3, 0.4) is 0 Å². The van der Waals surface area contributed by atoms with Crippen LogP contribution in [0.15, 0.2) is 29.1 Å². The number of aryl methyl sites for hydroxylation is 1. The number of anilines is 2. The molecule has 202 valence electrons. The second-order valence-corrected chi connectivity index (χ2v) is 11.3. The van der Waals surface area contributed by atoms with E-state index < -0.39 is 0 Å². The van der Waals surface area contributed by atoms with Crippen molar-refractivity contribution in [2.24, 2.45) is 12.5 Å². The molecule has 1 aromatic carbocycles. The minimum atomic E-state index is -0.339. The number of ether oxygens (including phenoxy) is 1. The van der Waals surface area contributed by atoms with Gasteiger partial charge in [-0.3, -0.25) is 18.9 Å². The summed E-state index contributed by atoms with van der Waals surface area (Å²) in [6.45, 7) is 7.29. The summed E-state index contributed by atoms with van der Waals surface area (Å²) in [6.07, 6.45) is 4.93. The lowest BCUT2D eigenvalue weighted by atomic mass is 9.80. The molecule has 2 aliphatic heterocycles. The van der Waals surface area contributed by atoms with Gasteiger partial charge in [0, 0.05) is 45.2 Å². The monoisotopic (exact) mass is 556 g/mol. The molecule has 1 atom stereocenters. The highest BCUT2D eigenvalue weighted by molar-refractivity contribution is 7.97. The van der Waals surface area contributed by atoms with Crippen LogP contribution in [0.1, 0.15) is 53.8 Å². The van der Waals surface area contributed by atoms with Gasteiger partial charge >= 0.3 is 0 Å². The predicted molar refractivity (Wildman–Crippen MR) is 153 cm³/mol. The summed E-state index contributed by atoms with van der Waals surface area (Å²) < 4.78 is 9.99. The molecule has 0 saturated carbocycles. The number of fused-ring (bicyclic) bond motifs is 1. The number of nitrogens with zero attached hydrogens (tertiary/aromatic N) is 4. The molecule has 2 aliphatic rings. The molecule has 1 spiro atoms. The predicted octanol–water partition coefficient (Wildman–Crippen LogP) is 4.48. The Morgan fingerprint density at radius 3 is 2.71 bits per heavy atom. The van der Waals surface area contributed by atoms with Crippen LogP contribution in [0.4, 0.5) is 11.6 Å². The number of aromatic nitrogens is 3. The van der Waals surface area contributed by atoms with Gasteiger partial charge in [-0.25, -0.2) is 9.97 Å². The van der Waals surface area contributed by atoms with Gasteiger partial charge in [-0.05, 0) is 62.3 Å². The van der Waals surface area contributed by atoms with Crippen molar-refractivity contribution in [1.29, 1.82) is 0 Å². The lowest BCUT2D eigenvalue weighted by molar-refractivity contribution is 0.0254. The van der Waals surface area contributed by atoms with Crippen LogP contribution in [0.5, 0.6) is 0 Å². The number of amides is 1. The summed E-state index contributed by atoms with van der Waals surface area (Å²) in [5.41, 5.74) is 3.43. The standard InChI is InChI=1S/C27H33ClN6O3S/c1-16-13-18(17(2)29-20-5-6-21(28)30-23(20)24(35)32-38-4)22-19(14-16)25(36)33(3)26(31-22)34-10-7-27(15-34)8-11-37-12-9-27/h5-6,13-14,17,29H,7-12,15H2,1-4H3,(H,32,35). The van der Waals surface area contributed by atoms with E-state index in [1.807, 2.05) is 26.0 Å². The first-order valence-electron chi connectivity index (χ1n) is 12.8. The smallest absolute Gasteiger partial charge is 0.281 e. The molecule has 38 heavy (non-hydrogen) atoms. The van der Waals surface area contributed by atoms with E-state index in [2.05, 4.69) is 19.9 Å². The quantitative estimate of drug-likeness (QED) is 0.338. The summed E-state index contributed by atoms with van der Waals surface area (Å²) >= 11 is 7.29. The van der Waals surface area contributed by atoms with Crippen LogP contribution >= 0.6 is 23.5 Å². The van der Waals surface area contributed by atoms with Crippen LogP contribution in [-0.4, -0.2) is 53.0 Å². The van der Waals surface area contributed by atoms with Crippen LogP contribution < -0.4 is 20.5 Å². The highest BCUT2D eigenvalue weighted by Gasteiger charge is 2.40. The van der Waals surface area contributed by atoms with E-state index in [1.165, 1.54) is 11.9 Å². The molecule has 1 unspecified atom stereocenters. The highest BCUT2D eigenvalue weighted by atomic mass is 35.5. The van der Waals surface area contributed by atoms with E-state index in [4.69, 9.17) is 21.3 Å². The Morgan fingerprint density at radius 2 is 1.97 bits per heavy atom. The Kier molecular flexibility index (Phi) is 7.57. The molecular weight excluding hydrogens is 524 g/mol. The lowest BCUT2D eigenvalue weighted by Gasteiger charge is -2.33. The topological polar surface area (TPSA) is 101 Å².